The van der Waals surface area contributed by atoms with Crippen LogP contribution in [0.4, 0.5) is 5.69 Å². The number of benzene rings is 1. The average Bonchev–Trinajstić information content (AvgIpc) is 2.83. The van der Waals surface area contributed by atoms with Crippen molar-refractivity contribution in [1.29, 1.82) is 0 Å². The zero-order valence-corrected chi connectivity index (χ0v) is 10.3. The van der Waals surface area contributed by atoms with Gasteiger partial charge in [-0.3, -0.25) is 4.79 Å². The Hall–Kier alpha value is -2.23. The Bertz CT molecular complexity index is 519. The first-order valence-electron chi connectivity index (χ1n) is 5.94. The molecule has 1 aromatic heterocycles. The normalized spacial score (nSPS) is 12.1. The van der Waals surface area contributed by atoms with Gasteiger partial charge in [0.15, 0.2) is 0 Å². The lowest BCUT2D eigenvalue weighted by molar-refractivity contribution is 0.0947. The van der Waals surface area contributed by atoms with Crippen LogP contribution in [0.3, 0.4) is 0 Å². The van der Waals surface area contributed by atoms with Crippen LogP contribution in [0.1, 0.15) is 28.9 Å². The second-order valence-electron chi connectivity index (χ2n) is 4.37. The number of aromatic amines is 1. The molecule has 0 saturated heterocycles. The molecule has 0 bridgehead atoms. The van der Waals surface area contributed by atoms with E-state index in [9.17, 15) is 4.79 Å². The van der Waals surface area contributed by atoms with E-state index in [4.69, 9.17) is 5.73 Å². The van der Waals surface area contributed by atoms with E-state index in [0.29, 0.717) is 17.9 Å². The van der Waals surface area contributed by atoms with Gasteiger partial charge in [0.1, 0.15) is 5.69 Å². The van der Waals surface area contributed by atoms with Crippen LogP contribution in [0.25, 0.3) is 0 Å². The van der Waals surface area contributed by atoms with E-state index < -0.39 is 0 Å². The predicted molar refractivity (Wildman–Crippen MR) is 72.4 cm³/mol. The fourth-order valence-electron chi connectivity index (χ4n) is 1.78. The molecule has 0 aliphatic carbocycles. The van der Waals surface area contributed by atoms with Crippen molar-refractivity contribution in [3.8, 4) is 0 Å². The van der Waals surface area contributed by atoms with E-state index in [1.54, 1.807) is 12.3 Å². The first-order valence-corrected chi connectivity index (χ1v) is 5.94. The molecular weight excluding hydrogens is 226 g/mol. The van der Waals surface area contributed by atoms with Crippen molar-refractivity contribution in [2.24, 2.45) is 0 Å². The fraction of sp³-hybridized carbons (Fsp3) is 0.214. The number of anilines is 1. The van der Waals surface area contributed by atoms with Crippen LogP contribution in [0, 0.1) is 0 Å². The highest BCUT2D eigenvalue weighted by Crippen LogP contribution is 2.13. The molecule has 94 valence electrons. The number of carbonyl (C=O) groups is 1. The molecule has 1 heterocycles. The third-order valence-corrected chi connectivity index (χ3v) is 2.89. The molecule has 0 fully saturated rings. The first kappa shape index (κ1) is 12.2. The van der Waals surface area contributed by atoms with E-state index in [-0.39, 0.29) is 11.8 Å². The van der Waals surface area contributed by atoms with Crippen LogP contribution in [-0.2, 0) is 0 Å². The molecule has 4 heteroatoms. The maximum Gasteiger partial charge on any atom is 0.267 e. The molecule has 0 spiro atoms. The van der Waals surface area contributed by atoms with Crippen LogP contribution >= 0.6 is 0 Å². The Labute approximate surface area is 106 Å². The van der Waals surface area contributed by atoms with Crippen molar-refractivity contribution in [2.45, 2.75) is 12.8 Å². The highest BCUT2D eigenvalue weighted by molar-refractivity contribution is 5.93. The fourth-order valence-corrected chi connectivity index (χ4v) is 1.78. The Kier molecular flexibility index (Phi) is 3.67. The number of hydrogen-bond acceptors (Lipinski definition) is 2. The summed E-state index contributed by atoms with van der Waals surface area (Å²) >= 11 is 0. The van der Waals surface area contributed by atoms with Crippen LogP contribution in [-0.4, -0.2) is 17.4 Å². The second-order valence-corrected chi connectivity index (χ2v) is 4.37. The summed E-state index contributed by atoms with van der Waals surface area (Å²) in [5.41, 5.74) is 7.82. The van der Waals surface area contributed by atoms with Gasteiger partial charge in [-0.05, 0) is 17.5 Å². The zero-order valence-electron chi connectivity index (χ0n) is 10.3. The molecule has 1 aromatic carbocycles. The van der Waals surface area contributed by atoms with E-state index in [2.05, 4.69) is 29.4 Å². The third kappa shape index (κ3) is 2.91. The van der Waals surface area contributed by atoms with Crippen molar-refractivity contribution < 1.29 is 4.79 Å². The summed E-state index contributed by atoms with van der Waals surface area (Å²) in [7, 11) is 0. The molecule has 0 radical (unpaired) electrons. The van der Waals surface area contributed by atoms with E-state index in [1.165, 1.54) is 5.56 Å². The lowest BCUT2D eigenvalue weighted by Crippen LogP contribution is -2.27. The highest BCUT2D eigenvalue weighted by atomic mass is 16.1. The van der Waals surface area contributed by atoms with Gasteiger partial charge in [-0.25, -0.2) is 0 Å². The van der Waals surface area contributed by atoms with E-state index in [0.717, 1.165) is 0 Å². The minimum absolute atomic E-state index is 0.130. The molecule has 1 amide bonds. The average molecular weight is 243 g/mol. The molecule has 18 heavy (non-hydrogen) atoms. The monoisotopic (exact) mass is 243 g/mol. The number of nitrogen functional groups attached to an aromatic ring is 1. The Morgan fingerprint density at radius 3 is 2.72 bits per heavy atom. The van der Waals surface area contributed by atoms with Gasteiger partial charge in [-0.1, -0.05) is 37.3 Å². The standard InChI is InChI=1S/C14H17N3O/c1-10(11-5-3-2-4-6-11)8-17-14(18)13-7-12(15)9-16-13/h2-7,9-10,16H,8,15H2,1H3,(H,17,18). The SMILES string of the molecule is CC(CNC(=O)c1cc(N)c[nH]1)c1ccccc1. The smallest absolute Gasteiger partial charge is 0.267 e. The molecule has 0 aliphatic heterocycles. The van der Waals surface area contributed by atoms with Crippen molar-refractivity contribution >= 4 is 11.6 Å². The zero-order chi connectivity index (χ0) is 13.0. The van der Waals surface area contributed by atoms with E-state index in [1.807, 2.05) is 18.2 Å². The second kappa shape index (κ2) is 5.40. The topological polar surface area (TPSA) is 70.9 Å². The van der Waals surface area contributed by atoms with Gasteiger partial charge >= 0.3 is 0 Å². The van der Waals surface area contributed by atoms with Crippen LogP contribution < -0.4 is 11.1 Å². The highest BCUT2D eigenvalue weighted by Gasteiger charge is 2.10. The number of amides is 1. The summed E-state index contributed by atoms with van der Waals surface area (Å²) in [5, 5.41) is 2.88. The number of aromatic nitrogens is 1. The van der Waals surface area contributed by atoms with Gasteiger partial charge in [0, 0.05) is 18.4 Å². The molecule has 2 rings (SSSR count). The van der Waals surface area contributed by atoms with Gasteiger partial charge in [-0.2, -0.15) is 0 Å². The first-order chi connectivity index (χ1) is 8.66. The van der Waals surface area contributed by atoms with Gasteiger partial charge in [0.25, 0.3) is 5.91 Å². The number of H-pyrrole nitrogens is 1. The molecule has 4 nitrogen and oxygen atoms in total. The van der Waals surface area contributed by atoms with Crippen molar-refractivity contribution in [1.82, 2.24) is 10.3 Å². The van der Waals surface area contributed by atoms with Crippen molar-refractivity contribution in [3.05, 3.63) is 53.9 Å². The molecule has 0 saturated carbocycles. The van der Waals surface area contributed by atoms with Gasteiger partial charge < -0.3 is 16.0 Å². The largest absolute Gasteiger partial charge is 0.397 e. The Balaban J connectivity index is 1.90. The molecule has 0 aliphatic rings. The van der Waals surface area contributed by atoms with Crippen molar-refractivity contribution in [3.63, 3.8) is 0 Å². The third-order valence-electron chi connectivity index (χ3n) is 2.89. The number of carbonyl (C=O) groups excluding carboxylic acids is 1. The van der Waals surface area contributed by atoms with Gasteiger partial charge in [0.05, 0.1) is 0 Å². The maximum atomic E-state index is 11.8. The molecule has 4 N–H and O–H groups in total. The van der Waals surface area contributed by atoms with E-state index >= 15 is 0 Å². The van der Waals surface area contributed by atoms with Crippen LogP contribution in [0.15, 0.2) is 42.6 Å². The summed E-state index contributed by atoms with van der Waals surface area (Å²) in [4.78, 5) is 14.6. The number of hydrogen-bond donors (Lipinski definition) is 3. The predicted octanol–water partition coefficient (Wildman–Crippen LogP) is 2.13. The minimum atomic E-state index is -0.130. The summed E-state index contributed by atoms with van der Waals surface area (Å²) in [5.74, 6) is 0.150. The molecule has 1 atom stereocenters. The molecule has 2 aromatic rings. The minimum Gasteiger partial charge on any atom is -0.397 e. The van der Waals surface area contributed by atoms with Crippen molar-refractivity contribution in [2.75, 3.05) is 12.3 Å². The summed E-state index contributed by atoms with van der Waals surface area (Å²) in [6, 6.07) is 11.7. The lowest BCUT2D eigenvalue weighted by Gasteiger charge is -2.12. The number of nitrogens with one attached hydrogen (secondary N) is 2. The lowest BCUT2D eigenvalue weighted by atomic mass is 10.0. The Morgan fingerprint density at radius 2 is 2.11 bits per heavy atom. The van der Waals surface area contributed by atoms with Gasteiger partial charge in [-0.15, -0.1) is 0 Å². The molecular formula is C14H17N3O. The Morgan fingerprint density at radius 1 is 1.39 bits per heavy atom. The maximum absolute atomic E-state index is 11.8. The quantitative estimate of drug-likeness (QED) is 0.769. The van der Waals surface area contributed by atoms with Crippen LogP contribution in [0.5, 0.6) is 0 Å². The number of rotatable bonds is 4. The summed E-state index contributed by atoms with van der Waals surface area (Å²) in [6.07, 6.45) is 1.61. The van der Waals surface area contributed by atoms with Crippen LogP contribution in [0.2, 0.25) is 0 Å². The number of nitrogens with two attached hydrogens (primary N) is 1. The summed E-state index contributed by atoms with van der Waals surface area (Å²) < 4.78 is 0. The van der Waals surface area contributed by atoms with Gasteiger partial charge in [0.2, 0.25) is 0 Å². The summed E-state index contributed by atoms with van der Waals surface area (Å²) in [6.45, 7) is 2.68. The molecule has 1 unspecified atom stereocenters.